The number of nitrogens with one attached hydrogen (secondary N) is 1. The third-order valence-corrected chi connectivity index (χ3v) is 3.44. The van der Waals surface area contributed by atoms with E-state index >= 15 is 0 Å². The van der Waals surface area contributed by atoms with Gasteiger partial charge in [0.05, 0.1) is 11.0 Å². The molecule has 0 aliphatic heterocycles. The van der Waals surface area contributed by atoms with Gasteiger partial charge in [0.1, 0.15) is 5.82 Å². The molecule has 0 bridgehead atoms. The van der Waals surface area contributed by atoms with Gasteiger partial charge in [-0.2, -0.15) is 0 Å². The van der Waals surface area contributed by atoms with E-state index in [2.05, 4.69) is 9.97 Å². The summed E-state index contributed by atoms with van der Waals surface area (Å²) in [5, 5.41) is 0.613. The van der Waals surface area contributed by atoms with Crippen LogP contribution < -0.4 is 5.73 Å². The first-order valence-electron chi connectivity index (χ1n) is 7.08. The SMILES string of the molecule is CC(OC(=O)CCCCC(N)=O)c1nc2ccc(Cl)cc2[nH]1. The van der Waals surface area contributed by atoms with E-state index in [4.69, 9.17) is 22.1 Å². The summed E-state index contributed by atoms with van der Waals surface area (Å²) in [6, 6.07) is 5.33. The number of rotatable bonds is 7. The number of halogens is 1. The Kier molecular flexibility index (Phi) is 5.38. The van der Waals surface area contributed by atoms with Crippen molar-refractivity contribution in [2.24, 2.45) is 5.73 Å². The molecule has 1 aromatic heterocycles. The monoisotopic (exact) mass is 323 g/mol. The summed E-state index contributed by atoms with van der Waals surface area (Å²) in [4.78, 5) is 29.8. The Morgan fingerprint density at radius 1 is 1.36 bits per heavy atom. The smallest absolute Gasteiger partial charge is 0.306 e. The molecule has 0 radical (unpaired) electrons. The summed E-state index contributed by atoms with van der Waals surface area (Å²) in [6.07, 6.45) is 1.22. The fourth-order valence-electron chi connectivity index (χ4n) is 2.07. The summed E-state index contributed by atoms with van der Waals surface area (Å²) in [5.41, 5.74) is 6.60. The number of hydrogen-bond donors (Lipinski definition) is 2. The van der Waals surface area contributed by atoms with Crippen molar-refractivity contribution in [2.45, 2.75) is 38.7 Å². The Hall–Kier alpha value is -2.08. The normalized spacial score (nSPS) is 12.3. The fraction of sp³-hybridized carbons (Fsp3) is 0.400. The third-order valence-electron chi connectivity index (χ3n) is 3.21. The number of fused-ring (bicyclic) bond motifs is 1. The van der Waals surface area contributed by atoms with Crippen LogP contribution in [0.1, 0.15) is 44.5 Å². The number of esters is 1. The quantitative estimate of drug-likeness (QED) is 0.604. The zero-order valence-corrected chi connectivity index (χ0v) is 13.0. The van der Waals surface area contributed by atoms with E-state index in [1.54, 1.807) is 25.1 Å². The molecule has 118 valence electrons. The summed E-state index contributed by atoms with van der Waals surface area (Å²) < 4.78 is 5.32. The van der Waals surface area contributed by atoms with Crippen LogP contribution in [0, 0.1) is 0 Å². The molecule has 6 nitrogen and oxygen atoms in total. The average Bonchev–Trinajstić information content (AvgIpc) is 2.86. The molecule has 0 spiro atoms. The van der Waals surface area contributed by atoms with Crippen molar-refractivity contribution in [2.75, 3.05) is 0 Å². The molecule has 3 N–H and O–H groups in total. The van der Waals surface area contributed by atoms with E-state index in [0.29, 0.717) is 23.7 Å². The number of imidazole rings is 1. The highest BCUT2D eigenvalue weighted by Crippen LogP contribution is 2.22. The number of nitrogens with zero attached hydrogens (tertiary/aromatic N) is 1. The Morgan fingerprint density at radius 2 is 2.09 bits per heavy atom. The van der Waals surface area contributed by atoms with E-state index < -0.39 is 6.10 Å². The Morgan fingerprint density at radius 3 is 2.82 bits per heavy atom. The Bertz CT molecular complexity index is 684. The molecule has 1 atom stereocenters. The van der Waals surface area contributed by atoms with E-state index in [1.807, 2.05) is 0 Å². The van der Waals surface area contributed by atoms with Crippen molar-refractivity contribution in [1.29, 1.82) is 0 Å². The summed E-state index contributed by atoms with van der Waals surface area (Å²) in [7, 11) is 0. The highest BCUT2D eigenvalue weighted by molar-refractivity contribution is 6.31. The minimum Gasteiger partial charge on any atom is -0.454 e. The van der Waals surface area contributed by atoms with Gasteiger partial charge in [-0.15, -0.1) is 0 Å². The van der Waals surface area contributed by atoms with E-state index in [9.17, 15) is 9.59 Å². The topological polar surface area (TPSA) is 98.1 Å². The molecule has 7 heteroatoms. The van der Waals surface area contributed by atoms with Crippen molar-refractivity contribution >= 4 is 34.5 Å². The van der Waals surface area contributed by atoms with E-state index in [0.717, 1.165) is 11.0 Å². The zero-order chi connectivity index (χ0) is 16.1. The second kappa shape index (κ2) is 7.26. The molecule has 1 aromatic carbocycles. The molecule has 0 saturated heterocycles. The molecule has 0 aliphatic rings. The maximum atomic E-state index is 11.7. The first kappa shape index (κ1) is 16.3. The van der Waals surface area contributed by atoms with Gasteiger partial charge in [-0.3, -0.25) is 9.59 Å². The van der Waals surface area contributed by atoms with Crippen LogP contribution in [-0.2, 0) is 14.3 Å². The number of carbonyl (C=O) groups excluding carboxylic acids is 2. The largest absolute Gasteiger partial charge is 0.454 e. The van der Waals surface area contributed by atoms with E-state index in [-0.39, 0.29) is 24.7 Å². The Labute approximate surface area is 133 Å². The lowest BCUT2D eigenvalue weighted by Crippen LogP contribution is -2.12. The number of nitrogens with two attached hydrogens (primary N) is 1. The van der Waals surface area contributed by atoms with Gasteiger partial charge in [0.2, 0.25) is 5.91 Å². The lowest BCUT2D eigenvalue weighted by molar-refractivity contribution is -0.149. The maximum absolute atomic E-state index is 11.7. The van der Waals surface area contributed by atoms with Gasteiger partial charge < -0.3 is 15.5 Å². The number of aromatic nitrogens is 2. The van der Waals surface area contributed by atoms with Crippen molar-refractivity contribution < 1.29 is 14.3 Å². The molecule has 2 aromatic rings. The second-order valence-corrected chi connectivity index (χ2v) is 5.53. The third kappa shape index (κ3) is 4.46. The molecule has 1 heterocycles. The number of carbonyl (C=O) groups is 2. The van der Waals surface area contributed by atoms with Crippen molar-refractivity contribution in [3.8, 4) is 0 Å². The predicted molar refractivity (Wildman–Crippen MR) is 83.3 cm³/mol. The van der Waals surface area contributed by atoms with Crippen molar-refractivity contribution in [3.05, 3.63) is 29.0 Å². The van der Waals surface area contributed by atoms with Gasteiger partial charge >= 0.3 is 5.97 Å². The van der Waals surface area contributed by atoms with Crippen LogP contribution in [0.2, 0.25) is 5.02 Å². The van der Waals surface area contributed by atoms with Crippen molar-refractivity contribution in [3.63, 3.8) is 0 Å². The number of benzene rings is 1. The van der Waals surface area contributed by atoms with Crippen LogP contribution in [0.5, 0.6) is 0 Å². The summed E-state index contributed by atoms with van der Waals surface area (Å²) >= 11 is 5.92. The molecule has 1 amide bonds. The molecule has 0 saturated carbocycles. The number of primary amides is 1. The first-order valence-corrected chi connectivity index (χ1v) is 7.46. The lowest BCUT2D eigenvalue weighted by Gasteiger charge is -2.10. The first-order chi connectivity index (χ1) is 10.5. The minimum absolute atomic E-state index is 0.254. The van der Waals surface area contributed by atoms with E-state index in [1.165, 1.54) is 0 Å². The molecule has 1 unspecified atom stereocenters. The highest BCUT2D eigenvalue weighted by atomic mass is 35.5. The molecular formula is C15H18ClN3O3. The summed E-state index contributed by atoms with van der Waals surface area (Å²) in [5.74, 6) is -0.110. The number of hydrogen-bond acceptors (Lipinski definition) is 4. The van der Waals surface area contributed by atoms with Crippen LogP contribution in [0.4, 0.5) is 0 Å². The number of H-pyrrole nitrogens is 1. The summed E-state index contributed by atoms with van der Waals surface area (Å²) in [6.45, 7) is 1.75. The second-order valence-electron chi connectivity index (χ2n) is 5.09. The van der Waals surface area contributed by atoms with Crippen LogP contribution in [0.15, 0.2) is 18.2 Å². The molecule has 22 heavy (non-hydrogen) atoms. The number of unbranched alkanes of at least 4 members (excludes halogenated alkanes) is 1. The Balaban J connectivity index is 1.88. The molecule has 0 fully saturated rings. The predicted octanol–water partition coefficient (Wildman–Crippen LogP) is 2.87. The van der Waals surface area contributed by atoms with Gasteiger partial charge in [0, 0.05) is 17.9 Å². The average molecular weight is 324 g/mol. The lowest BCUT2D eigenvalue weighted by atomic mass is 10.2. The standard InChI is InChI=1S/C15H18ClN3O3/c1-9(22-14(21)5-3-2-4-13(17)20)15-18-11-7-6-10(16)8-12(11)19-15/h6-9H,2-5H2,1H3,(H2,17,20)(H,18,19). The van der Waals surface area contributed by atoms with Gasteiger partial charge in [0.15, 0.2) is 6.10 Å². The number of amides is 1. The number of ether oxygens (including phenoxy) is 1. The zero-order valence-electron chi connectivity index (χ0n) is 12.3. The van der Waals surface area contributed by atoms with Crippen molar-refractivity contribution in [1.82, 2.24) is 9.97 Å². The molecule has 0 aliphatic carbocycles. The molecular weight excluding hydrogens is 306 g/mol. The van der Waals surface area contributed by atoms with Gasteiger partial charge in [-0.1, -0.05) is 11.6 Å². The minimum atomic E-state index is -0.477. The van der Waals surface area contributed by atoms with Crippen LogP contribution in [0.25, 0.3) is 11.0 Å². The maximum Gasteiger partial charge on any atom is 0.306 e. The highest BCUT2D eigenvalue weighted by Gasteiger charge is 2.15. The molecule has 2 rings (SSSR count). The van der Waals surface area contributed by atoms with Crippen LogP contribution >= 0.6 is 11.6 Å². The van der Waals surface area contributed by atoms with Gasteiger partial charge in [-0.05, 0) is 38.0 Å². The van der Waals surface area contributed by atoms with Gasteiger partial charge in [-0.25, -0.2) is 4.98 Å². The van der Waals surface area contributed by atoms with Crippen LogP contribution in [0.3, 0.4) is 0 Å². The van der Waals surface area contributed by atoms with Gasteiger partial charge in [0.25, 0.3) is 0 Å². The number of aromatic amines is 1. The fourth-order valence-corrected chi connectivity index (χ4v) is 2.25. The van der Waals surface area contributed by atoms with Crippen LogP contribution in [-0.4, -0.2) is 21.8 Å².